The second-order valence-electron chi connectivity index (χ2n) is 5.63. The highest BCUT2D eigenvalue weighted by molar-refractivity contribution is 5.83. The first-order valence-corrected chi connectivity index (χ1v) is 7.17. The topological polar surface area (TPSA) is 46.3 Å². The lowest BCUT2D eigenvalue weighted by Gasteiger charge is -2.25. The Bertz CT molecular complexity index is 638. The van der Waals surface area contributed by atoms with Crippen LogP contribution in [-0.4, -0.2) is 23.9 Å². The van der Waals surface area contributed by atoms with Crippen molar-refractivity contribution in [3.05, 3.63) is 48.0 Å². The van der Waals surface area contributed by atoms with Crippen molar-refractivity contribution in [2.75, 3.05) is 13.1 Å². The molecule has 2 aromatic rings. The van der Waals surface area contributed by atoms with E-state index in [4.69, 9.17) is 5.73 Å². The summed E-state index contributed by atoms with van der Waals surface area (Å²) in [5.41, 5.74) is 6.88. The molecular formula is C17H20N2O. The average Bonchev–Trinajstić information content (AvgIpc) is 2.87. The zero-order chi connectivity index (χ0) is 14.1. The first-order chi connectivity index (χ1) is 9.69. The molecule has 1 aliphatic rings. The number of rotatable bonds is 3. The largest absolute Gasteiger partial charge is 0.336 e. The molecule has 2 atom stereocenters. The Balaban J connectivity index is 1.88. The molecule has 1 aliphatic heterocycles. The third kappa shape index (κ3) is 2.29. The van der Waals surface area contributed by atoms with Crippen LogP contribution < -0.4 is 5.73 Å². The maximum atomic E-state index is 12.1. The van der Waals surface area contributed by atoms with E-state index in [2.05, 4.69) is 37.3 Å². The SMILES string of the molecule is C[C@H](c1ccc2ccccc2c1)N1CC(CN)CC1=O. The maximum absolute atomic E-state index is 12.1. The lowest BCUT2D eigenvalue weighted by Crippen LogP contribution is -2.29. The number of hydrogen-bond donors (Lipinski definition) is 1. The molecule has 1 unspecified atom stereocenters. The van der Waals surface area contributed by atoms with Gasteiger partial charge in [-0.05, 0) is 41.8 Å². The number of amides is 1. The molecule has 0 radical (unpaired) electrons. The van der Waals surface area contributed by atoms with Crippen LogP contribution in [0.15, 0.2) is 42.5 Å². The Morgan fingerprint density at radius 3 is 2.70 bits per heavy atom. The fraction of sp³-hybridized carbons (Fsp3) is 0.353. The van der Waals surface area contributed by atoms with Crippen molar-refractivity contribution in [2.45, 2.75) is 19.4 Å². The van der Waals surface area contributed by atoms with Crippen LogP contribution in [0.4, 0.5) is 0 Å². The molecule has 3 rings (SSSR count). The molecule has 0 spiro atoms. The highest BCUT2D eigenvalue weighted by Gasteiger charge is 2.32. The molecule has 2 N–H and O–H groups in total. The molecule has 0 aliphatic carbocycles. The zero-order valence-corrected chi connectivity index (χ0v) is 11.8. The van der Waals surface area contributed by atoms with E-state index in [1.54, 1.807) is 0 Å². The van der Waals surface area contributed by atoms with Gasteiger partial charge in [-0.1, -0.05) is 36.4 Å². The highest BCUT2D eigenvalue weighted by Crippen LogP contribution is 2.29. The van der Waals surface area contributed by atoms with Gasteiger partial charge in [-0.2, -0.15) is 0 Å². The second-order valence-corrected chi connectivity index (χ2v) is 5.63. The molecule has 3 nitrogen and oxygen atoms in total. The monoisotopic (exact) mass is 268 g/mol. The van der Waals surface area contributed by atoms with E-state index in [1.165, 1.54) is 16.3 Å². The number of nitrogens with two attached hydrogens (primary N) is 1. The van der Waals surface area contributed by atoms with E-state index in [1.807, 2.05) is 17.0 Å². The predicted molar refractivity (Wildman–Crippen MR) is 81.2 cm³/mol. The molecule has 1 amide bonds. The molecule has 1 saturated heterocycles. The number of benzene rings is 2. The summed E-state index contributed by atoms with van der Waals surface area (Å²) in [6, 6.07) is 14.9. The van der Waals surface area contributed by atoms with Crippen LogP contribution in [0, 0.1) is 5.92 Å². The summed E-state index contributed by atoms with van der Waals surface area (Å²) >= 11 is 0. The van der Waals surface area contributed by atoms with Gasteiger partial charge in [0.1, 0.15) is 0 Å². The van der Waals surface area contributed by atoms with Crippen LogP contribution in [0.2, 0.25) is 0 Å². The molecule has 3 heteroatoms. The fourth-order valence-electron chi connectivity index (χ4n) is 2.99. The lowest BCUT2D eigenvalue weighted by atomic mass is 10.0. The third-order valence-electron chi connectivity index (χ3n) is 4.30. The van der Waals surface area contributed by atoms with E-state index < -0.39 is 0 Å². The van der Waals surface area contributed by atoms with Gasteiger partial charge in [0, 0.05) is 13.0 Å². The van der Waals surface area contributed by atoms with Crippen molar-refractivity contribution in [3.63, 3.8) is 0 Å². The van der Waals surface area contributed by atoms with E-state index in [-0.39, 0.29) is 11.9 Å². The van der Waals surface area contributed by atoms with Gasteiger partial charge in [-0.25, -0.2) is 0 Å². The van der Waals surface area contributed by atoms with Crippen LogP contribution in [0.5, 0.6) is 0 Å². The summed E-state index contributed by atoms with van der Waals surface area (Å²) in [5, 5.41) is 2.45. The standard InChI is InChI=1S/C17H20N2O/c1-12(19-11-13(10-18)8-17(19)20)15-7-6-14-4-2-3-5-16(14)9-15/h2-7,9,12-13H,8,10-11,18H2,1H3/t12-,13?/m1/s1. The summed E-state index contributed by atoms with van der Waals surface area (Å²) in [6.45, 7) is 3.47. The minimum atomic E-state index is 0.114. The van der Waals surface area contributed by atoms with Gasteiger partial charge in [0.25, 0.3) is 0 Å². The third-order valence-corrected chi connectivity index (χ3v) is 4.30. The summed E-state index contributed by atoms with van der Waals surface area (Å²) in [5.74, 6) is 0.534. The van der Waals surface area contributed by atoms with E-state index in [9.17, 15) is 4.79 Å². The number of carbonyl (C=O) groups excluding carboxylic acids is 1. The molecule has 20 heavy (non-hydrogen) atoms. The summed E-state index contributed by atoms with van der Waals surface area (Å²) in [4.78, 5) is 14.1. The summed E-state index contributed by atoms with van der Waals surface area (Å²) < 4.78 is 0. The Morgan fingerprint density at radius 2 is 2.00 bits per heavy atom. The van der Waals surface area contributed by atoms with Gasteiger partial charge < -0.3 is 10.6 Å². The van der Waals surface area contributed by atoms with E-state index in [0.29, 0.717) is 18.9 Å². The number of nitrogens with zero attached hydrogens (tertiary/aromatic N) is 1. The smallest absolute Gasteiger partial charge is 0.223 e. The van der Waals surface area contributed by atoms with Gasteiger partial charge >= 0.3 is 0 Å². The van der Waals surface area contributed by atoms with Crippen LogP contribution in [0.1, 0.15) is 24.9 Å². The Kier molecular flexibility index (Phi) is 3.45. The van der Waals surface area contributed by atoms with Crippen LogP contribution in [0.25, 0.3) is 10.8 Å². The van der Waals surface area contributed by atoms with Crippen LogP contribution in [0.3, 0.4) is 0 Å². The molecule has 0 saturated carbocycles. The second kappa shape index (κ2) is 5.25. The summed E-state index contributed by atoms with van der Waals surface area (Å²) in [6.07, 6.45) is 0.592. The van der Waals surface area contributed by atoms with Gasteiger partial charge in [0.2, 0.25) is 5.91 Å². The van der Waals surface area contributed by atoms with Crippen molar-refractivity contribution >= 4 is 16.7 Å². The van der Waals surface area contributed by atoms with Crippen LogP contribution >= 0.6 is 0 Å². The van der Waals surface area contributed by atoms with Gasteiger partial charge in [0.05, 0.1) is 6.04 Å². The Labute approximate surface area is 119 Å². The number of likely N-dealkylation sites (tertiary alicyclic amines) is 1. The number of fused-ring (bicyclic) bond motifs is 1. The minimum absolute atomic E-state index is 0.114. The minimum Gasteiger partial charge on any atom is -0.336 e. The number of carbonyl (C=O) groups is 1. The Hall–Kier alpha value is -1.87. The van der Waals surface area contributed by atoms with Crippen molar-refractivity contribution in [2.24, 2.45) is 11.7 Å². The quantitative estimate of drug-likeness (QED) is 0.930. The molecule has 2 aromatic carbocycles. The van der Waals surface area contributed by atoms with Gasteiger partial charge in [-0.3, -0.25) is 4.79 Å². The average molecular weight is 268 g/mol. The zero-order valence-electron chi connectivity index (χ0n) is 11.8. The fourth-order valence-corrected chi connectivity index (χ4v) is 2.99. The van der Waals surface area contributed by atoms with Crippen LogP contribution in [-0.2, 0) is 4.79 Å². The normalized spacial score (nSPS) is 20.6. The first-order valence-electron chi connectivity index (χ1n) is 7.17. The van der Waals surface area contributed by atoms with Crippen molar-refractivity contribution in [1.82, 2.24) is 4.90 Å². The highest BCUT2D eigenvalue weighted by atomic mass is 16.2. The lowest BCUT2D eigenvalue weighted by molar-refractivity contribution is -0.129. The molecule has 0 aromatic heterocycles. The van der Waals surface area contributed by atoms with Crippen molar-refractivity contribution < 1.29 is 4.79 Å². The summed E-state index contributed by atoms with van der Waals surface area (Å²) in [7, 11) is 0. The van der Waals surface area contributed by atoms with Crippen molar-refractivity contribution in [3.8, 4) is 0 Å². The van der Waals surface area contributed by atoms with Gasteiger partial charge in [-0.15, -0.1) is 0 Å². The molecule has 104 valence electrons. The van der Waals surface area contributed by atoms with Crippen molar-refractivity contribution in [1.29, 1.82) is 0 Å². The number of hydrogen-bond acceptors (Lipinski definition) is 2. The Morgan fingerprint density at radius 1 is 1.25 bits per heavy atom. The van der Waals surface area contributed by atoms with E-state index in [0.717, 1.165) is 6.54 Å². The van der Waals surface area contributed by atoms with E-state index >= 15 is 0 Å². The maximum Gasteiger partial charge on any atom is 0.223 e. The molecular weight excluding hydrogens is 248 g/mol. The van der Waals surface area contributed by atoms with Gasteiger partial charge in [0.15, 0.2) is 0 Å². The first kappa shape index (κ1) is 13.1. The predicted octanol–water partition coefficient (Wildman–Crippen LogP) is 2.71. The molecule has 0 bridgehead atoms. The molecule has 1 fully saturated rings. The molecule has 1 heterocycles.